The molecule has 1 aromatic rings. The fourth-order valence-corrected chi connectivity index (χ4v) is 1.09. The number of alkyl halides is 3. The van der Waals surface area contributed by atoms with Crippen LogP contribution < -0.4 is 5.73 Å². The zero-order valence-corrected chi connectivity index (χ0v) is 7.91. The van der Waals surface area contributed by atoms with Gasteiger partial charge in [-0.3, -0.25) is 4.98 Å². The van der Waals surface area contributed by atoms with Crippen LogP contribution in [0.25, 0.3) is 0 Å². The molecule has 0 aliphatic heterocycles. The maximum Gasteiger partial charge on any atom is 0.409 e. The summed E-state index contributed by atoms with van der Waals surface area (Å²) in [6.45, 7) is 0. The zero-order valence-electron chi connectivity index (χ0n) is 7.91. The molecule has 0 aromatic carbocycles. The van der Waals surface area contributed by atoms with Crippen LogP contribution in [0.4, 0.5) is 13.2 Å². The topological polar surface area (TPSA) is 38.9 Å². The second-order valence-corrected chi connectivity index (χ2v) is 3.13. The number of rotatable bonds is 3. The van der Waals surface area contributed by atoms with E-state index in [-0.39, 0.29) is 6.08 Å². The van der Waals surface area contributed by atoms with E-state index in [0.717, 1.165) is 11.6 Å². The van der Waals surface area contributed by atoms with Crippen LogP contribution in [0.1, 0.15) is 5.56 Å². The summed E-state index contributed by atoms with van der Waals surface area (Å²) in [6.07, 6.45) is 0.343. The van der Waals surface area contributed by atoms with Gasteiger partial charge in [-0.2, -0.15) is 13.2 Å². The van der Waals surface area contributed by atoms with Gasteiger partial charge in [0.05, 0.1) is 0 Å². The van der Waals surface area contributed by atoms with Crippen molar-refractivity contribution >= 4 is 0 Å². The van der Waals surface area contributed by atoms with Crippen molar-refractivity contribution in [2.75, 3.05) is 0 Å². The number of halogens is 3. The highest BCUT2D eigenvalue weighted by molar-refractivity contribution is 5.12. The Morgan fingerprint density at radius 1 is 1.47 bits per heavy atom. The molecule has 0 saturated carbocycles. The van der Waals surface area contributed by atoms with E-state index >= 15 is 0 Å². The summed E-state index contributed by atoms with van der Waals surface area (Å²) in [6, 6.07) is 2.85. The summed E-state index contributed by atoms with van der Waals surface area (Å²) < 4.78 is 35.4. The Morgan fingerprint density at radius 3 is 2.73 bits per heavy atom. The van der Waals surface area contributed by atoms with Crippen molar-refractivity contribution in [3.05, 3.63) is 42.2 Å². The minimum atomic E-state index is -4.30. The molecule has 0 aliphatic rings. The molecule has 1 rings (SSSR count). The molecule has 1 heterocycles. The van der Waals surface area contributed by atoms with Crippen LogP contribution >= 0.6 is 0 Å². The van der Waals surface area contributed by atoms with E-state index < -0.39 is 12.2 Å². The quantitative estimate of drug-likeness (QED) is 0.785. The van der Waals surface area contributed by atoms with Crippen LogP contribution in [0.3, 0.4) is 0 Å². The molecule has 0 radical (unpaired) electrons. The molecule has 15 heavy (non-hydrogen) atoms. The first-order valence-electron chi connectivity index (χ1n) is 4.38. The monoisotopic (exact) mass is 216 g/mol. The summed E-state index contributed by atoms with van der Waals surface area (Å²) in [5, 5.41) is 0. The second-order valence-electron chi connectivity index (χ2n) is 3.13. The Labute approximate surface area is 85.6 Å². The summed E-state index contributed by atoms with van der Waals surface area (Å²) in [7, 11) is 0. The van der Waals surface area contributed by atoms with Crippen LogP contribution in [0.5, 0.6) is 0 Å². The van der Waals surface area contributed by atoms with Crippen LogP contribution in [-0.4, -0.2) is 17.2 Å². The maximum atomic E-state index is 11.8. The van der Waals surface area contributed by atoms with E-state index in [2.05, 4.69) is 4.98 Å². The van der Waals surface area contributed by atoms with Gasteiger partial charge in [0.1, 0.15) is 0 Å². The van der Waals surface area contributed by atoms with Crippen molar-refractivity contribution in [3.8, 4) is 0 Å². The van der Waals surface area contributed by atoms with Gasteiger partial charge in [-0.25, -0.2) is 0 Å². The number of nitrogens with two attached hydrogens (primary N) is 1. The summed E-state index contributed by atoms with van der Waals surface area (Å²) in [5.74, 6) is 0. The molecule has 0 saturated heterocycles. The Hall–Kier alpha value is -1.36. The van der Waals surface area contributed by atoms with Gasteiger partial charge in [-0.05, 0) is 18.1 Å². The summed E-state index contributed by atoms with van der Waals surface area (Å²) >= 11 is 0. The van der Waals surface area contributed by atoms with Crippen molar-refractivity contribution in [2.45, 2.75) is 18.6 Å². The van der Waals surface area contributed by atoms with E-state index in [0.29, 0.717) is 6.42 Å². The van der Waals surface area contributed by atoms with Crippen molar-refractivity contribution in [3.63, 3.8) is 0 Å². The smallest absolute Gasteiger partial charge is 0.324 e. The lowest BCUT2D eigenvalue weighted by Crippen LogP contribution is -2.21. The van der Waals surface area contributed by atoms with Gasteiger partial charge in [0.25, 0.3) is 0 Å². The van der Waals surface area contributed by atoms with Gasteiger partial charge >= 0.3 is 6.18 Å². The third kappa shape index (κ3) is 5.17. The van der Waals surface area contributed by atoms with Gasteiger partial charge in [0.2, 0.25) is 0 Å². The Balaban J connectivity index is 2.50. The van der Waals surface area contributed by atoms with Crippen molar-refractivity contribution in [2.24, 2.45) is 5.73 Å². The van der Waals surface area contributed by atoms with Crippen LogP contribution in [0, 0.1) is 0 Å². The first kappa shape index (κ1) is 11.7. The predicted octanol–water partition coefficient (Wildman–Crippen LogP) is 2.07. The molecule has 0 fully saturated rings. The predicted molar refractivity (Wildman–Crippen MR) is 51.1 cm³/mol. The standard InChI is InChI=1S/C10H11F3N2/c11-10(12,13)4-3-9(14)6-8-2-1-5-15-7-8/h1-5,7,9H,6,14H2/b4-3-. The highest BCUT2D eigenvalue weighted by atomic mass is 19.4. The molecule has 5 heteroatoms. The minimum absolute atomic E-state index is 0.161. The highest BCUT2D eigenvalue weighted by Crippen LogP contribution is 2.16. The highest BCUT2D eigenvalue weighted by Gasteiger charge is 2.22. The average Bonchev–Trinajstić information content (AvgIpc) is 2.15. The fraction of sp³-hybridized carbons (Fsp3) is 0.300. The number of aromatic nitrogens is 1. The van der Waals surface area contributed by atoms with Crippen molar-refractivity contribution in [1.29, 1.82) is 0 Å². The molecular weight excluding hydrogens is 205 g/mol. The SMILES string of the molecule is NC(/C=C\C(F)(F)F)Cc1cccnc1. The molecular formula is C10H11F3N2. The molecule has 0 bridgehead atoms. The van der Waals surface area contributed by atoms with Gasteiger partial charge < -0.3 is 5.73 Å². The van der Waals surface area contributed by atoms with E-state index in [1.54, 1.807) is 24.5 Å². The minimum Gasteiger partial charge on any atom is -0.324 e. The van der Waals surface area contributed by atoms with Gasteiger partial charge in [-0.15, -0.1) is 0 Å². The van der Waals surface area contributed by atoms with Crippen LogP contribution in [0.2, 0.25) is 0 Å². The largest absolute Gasteiger partial charge is 0.409 e. The average molecular weight is 216 g/mol. The second kappa shape index (κ2) is 4.93. The lowest BCUT2D eigenvalue weighted by atomic mass is 10.1. The van der Waals surface area contributed by atoms with E-state index in [1.165, 1.54) is 0 Å². The normalized spacial score (nSPS) is 14.4. The molecule has 2 nitrogen and oxygen atoms in total. The molecule has 82 valence electrons. The van der Waals surface area contributed by atoms with E-state index in [4.69, 9.17) is 5.73 Å². The molecule has 2 N–H and O–H groups in total. The molecule has 1 atom stereocenters. The van der Waals surface area contributed by atoms with E-state index in [9.17, 15) is 13.2 Å². The molecule has 1 aromatic heterocycles. The van der Waals surface area contributed by atoms with Crippen LogP contribution in [0.15, 0.2) is 36.7 Å². The summed E-state index contributed by atoms with van der Waals surface area (Å²) in [5.41, 5.74) is 6.31. The molecule has 0 aliphatic carbocycles. The Morgan fingerprint density at radius 2 is 2.20 bits per heavy atom. The third-order valence-electron chi connectivity index (χ3n) is 1.73. The maximum absolute atomic E-state index is 11.8. The number of nitrogens with zero attached hydrogens (tertiary/aromatic N) is 1. The van der Waals surface area contributed by atoms with Crippen LogP contribution in [-0.2, 0) is 6.42 Å². The lowest BCUT2D eigenvalue weighted by molar-refractivity contribution is -0.0801. The lowest BCUT2D eigenvalue weighted by Gasteiger charge is -2.06. The van der Waals surface area contributed by atoms with E-state index in [1.807, 2.05) is 0 Å². The Kier molecular flexibility index (Phi) is 3.85. The zero-order chi connectivity index (χ0) is 11.3. The molecule has 0 amide bonds. The molecule has 0 spiro atoms. The van der Waals surface area contributed by atoms with Gasteiger partial charge in [0.15, 0.2) is 0 Å². The van der Waals surface area contributed by atoms with Crippen molar-refractivity contribution in [1.82, 2.24) is 4.98 Å². The third-order valence-corrected chi connectivity index (χ3v) is 1.73. The Bertz CT molecular complexity index is 319. The van der Waals surface area contributed by atoms with Crippen molar-refractivity contribution < 1.29 is 13.2 Å². The first-order chi connectivity index (χ1) is 6.97. The molecule has 1 unspecified atom stereocenters. The number of hydrogen-bond donors (Lipinski definition) is 1. The van der Waals surface area contributed by atoms with Gasteiger partial charge in [-0.1, -0.05) is 12.1 Å². The fourth-order valence-electron chi connectivity index (χ4n) is 1.09. The van der Waals surface area contributed by atoms with Gasteiger partial charge in [0, 0.05) is 24.5 Å². The number of hydrogen-bond acceptors (Lipinski definition) is 2. The number of pyridine rings is 1. The first-order valence-corrected chi connectivity index (χ1v) is 4.38. The number of allylic oxidation sites excluding steroid dienone is 1. The summed E-state index contributed by atoms with van der Waals surface area (Å²) in [4.78, 5) is 3.84.